The van der Waals surface area contributed by atoms with Gasteiger partial charge in [-0.15, -0.1) is 0 Å². The number of hydrogen-bond acceptors (Lipinski definition) is 1. The van der Waals surface area contributed by atoms with Crippen LogP contribution < -0.4 is 0 Å². The maximum atomic E-state index is 2.94. The van der Waals surface area contributed by atoms with Crippen molar-refractivity contribution in [1.82, 2.24) is 4.90 Å². The van der Waals surface area contributed by atoms with Crippen LogP contribution in [0.5, 0.6) is 0 Å². The molecule has 1 nitrogen and oxygen atoms in total. The van der Waals surface area contributed by atoms with Crippen LogP contribution in [0, 0.1) is 5.92 Å². The summed E-state index contributed by atoms with van der Waals surface area (Å²) in [5.74, 6) is 0.998. The first-order valence-corrected chi connectivity index (χ1v) is 6.62. The Morgan fingerprint density at radius 2 is 1.29 bits per heavy atom. The van der Waals surface area contributed by atoms with E-state index in [1.807, 2.05) is 0 Å². The highest BCUT2D eigenvalue weighted by atomic mass is 15.2. The van der Waals surface area contributed by atoms with E-state index in [-0.39, 0.29) is 0 Å². The molecule has 0 bridgehead atoms. The molecular weight excluding hydrogens is 170 g/mol. The summed E-state index contributed by atoms with van der Waals surface area (Å²) in [6.07, 6.45) is 12.0. The fraction of sp³-hybridized carbons (Fsp3) is 1.00. The third kappa shape index (κ3) is 1.41. The van der Waals surface area contributed by atoms with Gasteiger partial charge in [0.25, 0.3) is 0 Å². The van der Waals surface area contributed by atoms with E-state index in [0.29, 0.717) is 0 Å². The monoisotopic (exact) mass is 193 g/mol. The fourth-order valence-corrected chi connectivity index (χ4v) is 4.32. The number of rotatable bonds is 0. The molecule has 14 heavy (non-hydrogen) atoms. The van der Waals surface area contributed by atoms with E-state index < -0.39 is 0 Å². The van der Waals surface area contributed by atoms with Crippen LogP contribution in [0.25, 0.3) is 0 Å². The van der Waals surface area contributed by atoms with Crippen molar-refractivity contribution < 1.29 is 0 Å². The molecular formula is C13H23N. The number of piperidine rings is 3. The summed E-state index contributed by atoms with van der Waals surface area (Å²) >= 11 is 0. The van der Waals surface area contributed by atoms with Crippen molar-refractivity contribution in [2.45, 2.75) is 76.4 Å². The zero-order valence-corrected chi connectivity index (χ0v) is 9.41. The summed E-state index contributed by atoms with van der Waals surface area (Å²) in [5.41, 5.74) is 0. The molecule has 0 aromatic rings. The van der Waals surface area contributed by atoms with Crippen LogP contribution >= 0.6 is 0 Å². The van der Waals surface area contributed by atoms with Gasteiger partial charge in [-0.05, 0) is 44.4 Å². The van der Waals surface area contributed by atoms with Gasteiger partial charge in [-0.1, -0.05) is 19.8 Å². The van der Waals surface area contributed by atoms with E-state index in [1.165, 1.54) is 51.4 Å². The second kappa shape index (κ2) is 3.52. The first kappa shape index (κ1) is 9.21. The summed E-state index contributed by atoms with van der Waals surface area (Å²) in [6.45, 7) is 2.47. The highest BCUT2D eigenvalue weighted by Crippen LogP contribution is 2.41. The molecule has 0 aliphatic carbocycles. The SMILES string of the molecule is CC1CC2CCCC3CCCC(C1)N32. The third-order valence-electron chi connectivity index (χ3n) is 4.76. The van der Waals surface area contributed by atoms with Crippen LogP contribution in [-0.2, 0) is 0 Å². The lowest BCUT2D eigenvalue weighted by Gasteiger charge is -2.54. The summed E-state index contributed by atoms with van der Waals surface area (Å²) in [7, 11) is 0. The lowest BCUT2D eigenvalue weighted by atomic mass is 9.75. The third-order valence-corrected chi connectivity index (χ3v) is 4.76. The van der Waals surface area contributed by atoms with Crippen LogP contribution in [0.2, 0.25) is 0 Å². The summed E-state index contributed by atoms with van der Waals surface area (Å²) in [5, 5.41) is 0. The first-order chi connectivity index (χ1) is 6.84. The van der Waals surface area contributed by atoms with Crippen molar-refractivity contribution in [3.05, 3.63) is 0 Å². The maximum Gasteiger partial charge on any atom is 0.0104 e. The summed E-state index contributed by atoms with van der Waals surface area (Å²) in [6, 6.07) is 2.94. The molecule has 3 aliphatic heterocycles. The normalized spacial score (nSPS) is 48.6. The van der Waals surface area contributed by atoms with Gasteiger partial charge in [0.2, 0.25) is 0 Å². The molecule has 80 valence electrons. The average Bonchev–Trinajstić information content (AvgIpc) is 2.18. The predicted molar refractivity (Wildman–Crippen MR) is 59.3 cm³/mol. The standard InChI is InChI=1S/C13H23N/c1-10-8-12-6-2-4-11-5-3-7-13(9-10)14(11)12/h10-13H,2-9H2,1H3. The quantitative estimate of drug-likeness (QED) is 0.571. The Morgan fingerprint density at radius 3 is 1.86 bits per heavy atom. The zero-order valence-electron chi connectivity index (χ0n) is 9.41. The Morgan fingerprint density at radius 1 is 0.786 bits per heavy atom. The van der Waals surface area contributed by atoms with Gasteiger partial charge in [0, 0.05) is 18.1 Å². The molecule has 3 rings (SSSR count). The minimum Gasteiger partial charge on any atom is -0.294 e. The molecule has 3 heterocycles. The largest absolute Gasteiger partial charge is 0.294 e. The minimum absolute atomic E-state index is 0.975. The Balaban J connectivity index is 1.82. The second-order valence-corrected chi connectivity index (χ2v) is 5.85. The van der Waals surface area contributed by atoms with E-state index in [9.17, 15) is 0 Å². The van der Waals surface area contributed by atoms with E-state index >= 15 is 0 Å². The summed E-state index contributed by atoms with van der Waals surface area (Å²) in [4.78, 5) is 2.94. The minimum atomic E-state index is 0.975. The first-order valence-electron chi connectivity index (χ1n) is 6.62. The smallest absolute Gasteiger partial charge is 0.0104 e. The molecule has 2 unspecified atom stereocenters. The van der Waals surface area contributed by atoms with E-state index in [1.54, 1.807) is 0 Å². The Bertz CT molecular complexity index is 193. The maximum absolute atomic E-state index is 2.94. The molecule has 0 N–H and O–H groups in total. The molecule has 3 saturated heterocycles. The van der Waals surface area contributed by atoms with Crippen LogP contribution in [-0.4, -0.2) is 23.0 Å². The van der Waals surface area contributed by atoms with Crippen molar-refractivity contribution in [3.8, 4) is 0 Å². The van der Waals surface area contributed by atoms with Gasteiger partial charge in [0.15, 0.2) is 0 Å². The molecule has 0 spiro atoms. The number of nitrogens with zero attached hydrogens (tertiary/aromatic N) is 1. The highest BCUT2D eigenvalue weighted by Gasteiger charge is 2.41. The van der Waals surface area contributed by atoms with Crippen LogP contribution in [0.4, 0.5) is 0 Å². The predicted octanol–water partition coefficient (Wildman–Crippen LogP) is 3.19. The molecule has 3 fully saturated rings. The average molecular weight is 193 g/mol. The van der Waals surface area contributed by atoms with Crippen molar-refractivity contribution in [3.63, 3.8) is 0 Å². The molecule has 0 aromatic carbocycles. The zero-order chi connectivity index (χ0) is 9.54. The van der Waals surface area contributed by atoms with Gasteiger partial charge in [-0.3, -0.25) is 4.90 Å². The van der Waals surface area contributed by atoms with Gasteiger partial charge < -0.3 is 0 Å². The molecule has 0 saturated carbocycles. The van der Waals surface area contributed by atoms with E-state index in [0.717, 1.165) is 24.0 Å². The van der Waals surface area contributed by atoms with Gasteiger partial charge in [-0.2, -0.15) is 0 Å². The highest BCUT2D eigenvalue weighted by molar-refractivity contribution is 4.96. The lowest BCUT2D eigenvalue weighted by Crippen LogP contribution is -2.57. The van der Waals surface area contributed by atoms with Crippen LogP contribution in [0.1, 0.15) is 58.3 Å². The lowest BCUT2D eigenvalue weighted by molar-refractivity contribution is -0.0409. The molecule has 3 aliphatic rings. The fourth-order valence-electron chi connectivity index (χ4n) is 4.32. The van der Waals surface area contributed by atoms with Crippen molar-refractivity contribution >= 4 is 0 Å². The van der Waals surface area contributed by atoms with E-state index in [2.05, 4.69) is 11.8 Å². The summed E-state index contributed by atoms with van der Waals surface area (Å²) < 4.78 is 0. The van der Waals surface area contributed by atoms with Crippen LogP contribution in [0.15, 0.2) is 0 Å². The Labute approximate surface area is 87.9 Å². The van der Waals surface area contributed by atoms with Crippen molar-refractivity contribution in [2.24, 2.45) is 5.92 Å². The molecule has 1 heteroatoms. The van der Waals surface area contributed by atoms with Gasteiger partial charge in [0.1, 0.15) is 0 Å². The molecule has 2 atom stereocenters. The molecule has 0 amide bonds. The van der Waals surface area contributed by atoms with Gasteiger partial charge in [0.05, 0.1) is 0 Å². The molecule has 0 aromatic heterocycles. The van der Waals surface area contributed by atoms with Crippen molar-refractivity contribution in [2.75, 3.05) is 0 Å². The van der Waals surface area contributed by atoms with Gasteiger partial charge >= 0.3 is 0 Å². The van der Waals surface area contributed by atoms with Crippen LogP contribution in [0.3, 0.4) is 0 Å². The molecule has 0 radical (unpaired) electrons. The van der Waals surface area contributed by atoms with E-state index in [4.69, 9.17) is 0 Å². The number of hydrogen-bond donors (Lipinski definition) is 0. The van der Waals surface area contributed by atoms with Gasteiger partial charge in [-0.25, -0.2) is 0 Å². The topological polar surface area (TPSA) is 3.24 Å². The van der Waals surface area contributed by atoms with Crippen molar-refractivity contribution in [1.29, 1.82) is 0 Å². The Hall–Kier alpha value is -0.0400. The second-order valence-electron chi connectivity index (χ2n) is 5.85. The Kier molecular flexibility index (Phi) is 2.31.